The van der Waals surface area contributed by atoms with Gasteiger partial charge >= 0.3 is 0 Å². The number of nitrogens with one attached hydrogen (secondary N) is 1. The van der Waals surface area contributed by atoms with Crippen molar-refractivity contribution >= 4 is 17.3 Å². The third kappa shape index (κ3) is 4.82. The molecule has 110 valence electrons. The number of benzene rings is 2. The standard InChI is InChI=1S/C16H19N3OS/c17-15(20)19(12-14-9-5-2-6-10-14)16(21)18-11-13-7-3-1-4-8-13/h1-10,15,20H,11-12,17H2,(H,18,21). The molecule has 0 saturated carbocycles. The van der Waals surface area contributed by atoms with Gasteiger partial charge in [0.15, 0.2) is 11.5 Å². The van der Waals surface area contributed by atoms with Crippen molar-refractivity contribution in [2.75, 3.05) is 0 Å². The Labute approximate surface area is 130 Å². The molecule has 2 rings (SSSR count). The van der Waals surface area contributed by atoms with Gasteiger partial charge < -0.3 is 15.3 Å². The average molecular weight is 301 g/mol. The summed E-state index contributed by atoms with van der Waals surface area (Å²) in [5.41, 5.74) is 7.76. The molecule has 0 aromatic heterocycles. The van der Waals surface area contributed by atoms with E-state index in [2.05, 4.69) is 5.32 Å². The molecule has 4 nitrogen and oxygen atoms in total. The molecular weight excluding hydrogens is 282 g/mol. The minimum atomic E-state index is -1.14. The van der Waals surface area contributed by atoms with E-state index in [4.69, 9.17) is 18.0 Å². The van der Waals surface area contributed by atoms with Crippen molar-refractivity contribution in [3.63, 3.8) is 0 Å². The molecule has 0 aliphatic heterocycles. The fraction of sp³-hybridized carbons (Fsp3) is 0.188. The highest BCUT2D eigenvalue weighted by Crippen LogP contribution is 2.06. The minimum absolute atomic E-state index is 0.428. The Kier molecular flexibility index (Phi) is 5.68. The fourth-order valence-electron chi connectivity index (χ4n) is 1.94. The fourth-order valence-corrected chi connectivity index (χ4v) is 2.19. The molecule has 0 fully saturated rings. The van der Waals surface area contributed by atoms with E-state index in [1.54, 1.807) is 4.90 Å². The van der Waals surface area contributed by atoms with E-state index in [0.717, 1.165) is 11.1 Å². The molecule has 0 bridgehead atoms. The molecule has 0 radical (unpaired) electrons. The van der Waals surface area contributed by atoms with Gasteiger partial charge in [0, 0.05) is 13.1 Å². The van der Waals surface area contributed by atoms with Gasteiger partial charge in [-0.15, -0.1) is 0 Å². The van der Waals surface area contributed by atoms with Crippen LogP contribution in [0.1, 0.15) is 11.1 Å². The Bertz CT molecular complexity index is 560. The van der Waals surface area contributed by atoms with Crippen LogP contribution in [0.15, 0.2) is 60.7 Å². The smallest absolute Gasteiger partial charge is 0.183 e. The summed E-state index contributed by atoms with van der Waals surface area (Å²) in [7, 11) is 0. The maximum absolute atomic E-state index is 9.72. The zero-order chi connectivity index (χ0) is 15.1. The van der Waals surface area contributed by atoms with Crippen LogP contribution in [0.2, 0.25) is 0 Å². The summed E-state index contributed by atoms with van der Waals surface area (Å²) in [6, 6.07) is 19.7. The van der Waals surface area contributed by atoms with Crippen molar-refractivity contribution < 1.29 is 5.11 Å². The first-order valence-corrected chi connectivity index (χ1v) is 7.13. The van der Waals surface area contributed by atoms with Gasteiger partial charge in [-0.3, -0.25) is 5.73 Å². The number of nitrogens with zero attached hydrogens (tertiary/aromatic N) is 1. The molecule has 5 heteroatoms. The molecule has 0 aliphatic rings. The number of rotatable bonds is 5. The van der Waals surface area contributed by atoms with E-state index < -0.39 is 6.35 Å². The first-order valence-electron chi connectivity index (χ1n) is 6.73. The summed E-state index contributed by atoms with van der Waals surface area (Å²) in [6.45, 7) is 1.05. The van der Waals surface area contributed by atoms with Gasteiger partial charge in [-0.2, -0.15) is 0 Å². The van der Waals surface area contributed by atoms with E-state index in [0.29, 0.717) is 18.2 Å². The second-order valence-electron chi connectivity index (χ2n) is 4.67. The van der Waals surface area contributed by atoms with E-state index >= 15 is 0 Å². The van der Waals surface area contributed by atoms with Gasteiger partial charge in [0.2, 0.25) is 0 Å². The van der Waals surface area contributed by atoms with Crippen molar-refractivity contribution in [1.29, 1.82) is 0 Å². The summed E-state index contributed by atoms with van der Waals surface area (Å²) < 4.78 is 0. The molecule has 2 aromatic carbocycles. The molecule has 21 heavy (non-hydrogen) atoms. The summed E-state index contributed by atoms with van der Waals surface area (Å²) in [6.07, 6.45) is -1.14. The van der Waals surface area contributed by atoms with Crippen molar-refractivity contribution in [2.24, 2.45) is 5.73 Å². The molecule has 0 amide bonds. The van der Waals surface area contributed by atoms with Gasteiger partial charge in [0.1, 0.15) is 0 Å². The number of hydrogen-bond acceptors (Lipinski definition) is 3. The van der Waals surface area contributed by atoms with Gasteiger partial charge in [0.05, 0.1) is 0 Å². The SMILES string of the molecule is NC(O)N(Cc1ccccc1)C(=S)NCc1ccccc1. The lowest BCUT2D eigenvalue weighted by Crippen LogP contribution is -2.49. The molecule has 0 saturated heterocycles. The highest BCUT2D eigenvalue weighted by atomic mass is 32.1. The van der Waals surface area contributed by atoms with Crippen molar-refractivity contribution in [2.45, 2.75) is 19.4 Å². The van der Waals surface area contributed by atoms with Crippen LogP contribution in [-0.4, -0.2) is 21.5 Å². The Hall–Kier alpha value is -1.95. The second kappa shape index (κ2) is 7.73. The monoisotopic (exact) mass is 301 g/mol. The average Bonchev–Trinajstić information content (AvgIpc) is 2.52. The number of thiocarbonyl (C=S) groups is 1. The quantitative estimate of drug-likeness (QED) is 0.581. The number of hydrogen-bond donors (Lipinski definition) is 3. The topological polar surface area (TPSA) is 61.5 Å². The maximum atomic E-state index is 9.72. The highest BCUT2D eigenvalue weighted by molar-refractivity contribution is 7.80. The Morgan fingerprint density at radius 1 is 1.05 bits per heavy atom. The van der Waals surface area contributed by atoms with Crippen LogP contribution in [0.3, 0.4) is 0 Å². The number of nitrogens with two attached hydrogens (primary N) is 1. The maximum Gasteiger partial charge on any atom is 0.183 e. The van der Waals surface area contributed by atoms with Crippen molar-refractivity contribution in [3.8, 4) is 0 Å². The molecule has 0 spiro atoms. The Morgan fingerprint density at radius 3 is 2.10 bits per heavy atom. The Morgan fingerprint density at radius 2 is 1.57 bits per heavy atom. The number of aliphatic hydroxyl groups excluding tert-OH is 1. The van der Waals surface area contributed by atoms with Gasteiger partial charge in [-0.1, -0.05) is 60.7 Å². The van der Waals surface area contributed by atoms with Gasteiger partial charge in [-0.25, -0.2) is 0 Å². The lowest BCUT2D eigenvalue weighted by Gasteiger charge is -2.28. The van der Waals surface area contributed by atoms with Crippen LogP contribution < -0.4 is 11.1 Å². The molecule has 1 atom stereocenters. The van der Waals surface area contributed by atoms with Crippen LogP contribution in [0.25, 0.3) is 0 Å². The number of aliphatic hydroxyl groups is 1. The van der Waals surface area contributed by atoms with Crippen molar-refractivity contribution in [3.05, 3.63) is 71.8 Å². The third-order valence-corrected chi connectivity index (χ3v) is 3.44. The van der Waals surface area contributed by atoms with Crippen LogP contribution in [0, 0.1) is 0 Å². The first-order chi connectivity index (χ1) is 10.2. The normalized spacial score (nSPS) is 11.7. The van der Waals surface area contributed by atoms with Crippen molar-refractivity contribution in [1.82, 2.24) is 10.2 Å². The zero-order valence-electron chi connectivity index (χ0n) is 11.6. The molecule has 0 aliphatic carbocycles. The summed E-state index contributed by atoms with van der Waals surface area (Å²) in [5, 5.41) is 13.3. The van der Waals surface area contributed by atoms with E-state index in [9.17, 15) is 5.11 Å². The van der Waals surface area contributed by atoms with Crippen LogP contribution in [0.5, 0.6) is 0 Å². The van der Waals surface area contributed by atoms with E-state index in [1.165, 1.54) is 0 Å². The molecule has 1 unspecified atom stereocenters. The lowest BCUT2D eigenvalue weighted by molar-refractivity contribution is 0.0539. The summed E-state index contributed by atoms with van der Waals surface area (Å²) in [4.78, 5) is 1.55. The molecule has 4 N–H and O–H groups in total. The predicted octanol–water partition coefficient (Wildman–Crippen LogP) is 1.80. The second-order valence-corrected chi connectivity index (χ2v) is 5.06. The molecule has 2 aromatic rings. The third-order valence-electron chi connectivity index (χ3n) is 3.06. The van der Waals surface area contributed by atoms with E-state index in [1.807, 2.05) is 60.7 Å². The molecular formula is C16H19N3OS. The Balaban J connectivity index is 1.96. The van der Waals surface area contributed by atoms with Crippen LogP contribution >= 0.6 is 12.2 Å². The van der Waals surface area contributed by atoms with Gasteiger partial charge in [-0.05, 0) is 23.3 Å². The summed E-state index contributed by atoms with van der Waals surface area (Å²) in [5.74, 6) is 0. The summed E-state index contributed by atoms with van der Waals surface area (Å²) >= 11 is 5.32. The van der Waals surface area contributed by atoms with Gasteiger partial charge in [0.25, 0.3) is 0 Å². The van der Waals surface area contributed by atoms with E-state index in [-0.39, 0.29) is 0 Å². The zero-order valence-corrected chi connectivity index (χ0v) is 12.5. The van der Waals surface area contributed by atoms with Crippen LogP contribution in [-0.2, 0) is 13.1 Å². The minimum Gasteiger partial charge on any atom is -0.361 e. The lowest BCUT2D eigenvalue weighted by atomic mass is 10.2. The first kappa shape index (κ1) is 15.4. The highest BCUT2D eigenvalue weighted by Gasteiger charge is 2.15. The van der Waals surface area contributed by atoms with Crippen LogP contribution in [0.4, 0.5) is 0 Å². The largest absolute Gasteiger partial charge is 0.361 e. The molecule has 0 heterocycles. The predicted molar refractivity (Wildman–Crippen MR) is 88.1 cm³/mol.